The molecule has 0 saturated carbocycles. The fourth-order valence-corrected chi connectivity index (χ4v) is 2.09. The number of carbonyl (C=O) groups excluding carboxylic acids is 1. The lowest BCUT2D eigenvalue weighted by Crippen LogP contribution is -2.08. The maximum Gasteiger partial charge on any atom is 0.248 e. The molecule has 1 aromatic carbocycles. The van der Waals surface area contributed by atoms with Gasteiger partial charge in [0.05, 0.1) is 32.7 Å². The number of benzene rings is 1. The van der Waals surface area contributed by atoms with Crippen LogP contribution in [0.15, 0.2) is 42.6 Å². The number of pyridine rings is 1. The van der Waals surface area contributed by atoms with Crippen LogP contribution < -0.4 is 19.5 Å². The lowest BCUT2D eigenvalue weighted by molar-refractivity contribution is -0.111. The Kier molecular flexibility index (Phi) is 7.02. The molecule has 6 heteroatoms. The van der Waals surface area contributed by atoms with Gasteiger partial charge >= 0.3 is 0 Å². The fourth-order valence-electron chi connectivity index (χ4n) is 2.09. The smallest absolute Gasteiger partial charge is 0.248 e. The molecule has 1 N–H and O–H groups in total. The molecule has 6 nitrogen and oxygen atoms in total. The summed E-state index contributed by atoms with van der Waals surface area (Å²) in [5, 5.41) is 2.74. The number of amides is 1. The topological polar surface area (TPSA) is 69.7 Å². The van der Waals surface area contributed by atoms with E-state index in [1.54, 1.807) is 25.3 Å². The molecule has 26 heavy (non-hydrogen) atoms. The van der Waals surface area contributed by atoms with Crippen molar-refractivity contribution in [2.75, 3.05) is 26.1 Å². The van der Waals surface area contributed by atoms with Crippen molar-refractivity contribution in [3.8, 4) is 17.4 Å². The fraction of sp³-hybridized carbons (Fsp3) is 0.300. The molecule has 0 bridgehead atoms. The average Bonchev–Trinajstić information content (AvgIpc) is 2.65. The zero-order valence-electron chi connectivity index (χ0n) is 15.5. The Morgan fingerprint density at radius 2 is 1.96 bits per heavy atom. The second-order valence-electron chi connectivity index (χ2n) is 6.03. The maximum atomic E-state index is 12.0. The third-order valence-corrected chi connectivity index (χ3v) is 3.40. The average molecular weight is 356 g/mol. The number of nitrogens with zero attached hydrogens (tertiary/aromatic N) is 1. The highest BCUT2D eigenvalue weighted by Crippen LogP contribution is 2.29. The number of aromatic nitrogens is 1. The van der Waals surface area contributed by atoms with Gasteiger partial charge in [-0.2, -0.15) is 0 Å². The molecule has 138 valence electrons. The Bertz CT molecular complexity index is 755. The van der Waals surface area contributed by atoms with Crippen molar-refractivity contribution in [1.29, 1.82) is 0 Å². The minimum atomic E-state index is -0.254. The molecular weight excluding hydrogens is 332 g/mol. The summed E-state index contributed by atoms with van der Waals surface area (Å²) in [4.78, 5) is 16.1. The van der Waals surface area contributed by atoms with Gasteiger partial charge in [0.15, 0.2) is 11.5 Å². The number of methoxy groups -OCH3 is 2. The van der Waals surface area contributed by atoms with Crippen molar-refractivity contribution in [3.05, 3.63) is 48.2 Å². The van der Waals surface area contributed by atoms with Crippen LogP contribution in [-0.4, -0.2) is 31.7 Å². The summed E-state index contributed by atoms with van der Waals surface area (Å²) in [6.07, 6.45) is 4.70. The Morgan fingerprint density at radius 1 is 1.15 bits per heavy atom. The van der Waals surface area contributed by atoms with Crippen molar-refractivity contribution in [3.63, 3.8) is 0 Å². The predicted molar refractivity (Wildman–Crippen MR) is 102 cm³/mol. The molecule has 1 heterocycles. The summed E-state index contributed by atoms with van der Waals surface area (Å²) in [6, 6.07) is 8.94. The number of hydrogen-bond acceptors (Lipinski definition) is 5. The van der Waals surface area contributed by atoms with Gasteiger partial charge in [-0.15, -0.1) is 0 Å². The SMILES string of the molecule is COc1ccc(NC(=O)/C=C/c2ccc(OCC(C)C)c(OC)c2)cn1. The Labute approximate surface area is 153 Å². The van der Waals surface area contributed by atoms with Crippen molar-refractivity contribution in [2.24, 2.45) is 5.92 Å². The van der Waals surface area contributed by atoms with Crippen LogP contribution >= 0.6 is 0 Å². The highest BCUT2D eigenvalue weighted by atomic mass is 16.5. The lowest BCUT2D eigenvalue weighted by atomic mass is 10.2. The van der Waals surface area contributed by atoms with E-state index in [2.05, 4.69) is 24.1 Å². The first-order valence-electron chi connectivity index (χ1n) is 8.31. The van der Waals surface area contributed by atoms with E-state index in [9.17, 15) is 4.79 Å². The van der Waals surface area contributed by atoms with Gasteiger partial charge in [-0.05, 0) is 35.8 Å². The summed E-state index contributed by atoms with van der Waals surface area (Å²) >= 11 is 0. The maximum absolute atomic E-state index is 12.0. The Hall–Kier alpha value is -3.02. The monoisotopic (exact) mass is 356 g/mol. The molecule has 0 aliphatic rings. The van der Waals surface area contributed by atoms with Crippen LogP contribution in [0.25, 0.3) is 6.08 Å². The van der Waals surface area contributed by atoms with Gasteiger partial charge in [-0.1, -0.05) is 19.9 Å². The van der Waals surface area contributed by atoms with Crippen LogP contribution in [0.2, 0.25) is 0 Å². The van der Waals surface area contributed by atoms with Gasteiger partial charge in [-0.25, -0.2) is 4.98 Å². The molecule has 0 unspecified atom stereocenters. The minimum Gasteiger partial charge on any atom is -0.493 e. The molecule has 0 saturated heterocycles. The Balaban J connectivity index is 2.00. The second kappa shape index (κ2) is 9.46. The largest absolute Gasteiger partial charge is 0.493 e. The van der Waals surface area contributed by atoms with Gasteiger partial charge < -0.3 is 19.5 Å². The number of anilines is 1. The van der Waals surface area contributed by atoms with Gasteiger partial charge in [0, 0.05) is 12.1 Å². The van der Waals surface area contributed by atoms with Crippen LogP contribution in [0.4, 0.5) is 5.69 Å². The Morgan fingerprint density at radius 3 is 2.58 bits per heavy atom. The molecule has 0 aliphatic carbocycles. The summed E-state index contributed by atoms with van der Waals surface area (Å²) in [5.41, 5.74) is 1.43. The van der Waals surface area contributed by atoms with Gasteiger partial charge in [-0.3, -0.25) is 4.79 Å². The molecule has 0 aliphatic heterocycles. The summed E-state index contributed by atoms with van der Waals surface area (Å²) in [7, 11) is 3.13. The standard InChI is InChI=1S/C20H24N2O4/c1-14(2)13-26-17-8-5-15(11-18(17)24-3)6-9-19(23)22-16-7-10-20(25-4)21-12-16/h5-12,14H,13H2,1-4H3,(H,22,23)/b9-6+. The highest BCUT2D eigenvalue weighted by Gasteiger charge is 2.06. The zero-order chi connectivity index (χ0) is 18.9. The van der Waals surface area contributed by atoms with E-state index in [4.69, 9.17) is 14.2 Å². The van der Waals surface area contributed by atoms with Crippen LogP contribution in [-0.2, 0) is 4.79 Å². The quantitative estimate of drug-likeness (QED) is 0.729. The molecule has 0 spiro atoms. The van der Waals surface area contributed by atoms with E-state index in [0.717, 1.165) is 5.56 Å². The normalized spacial score (nSPS) is 10.8. The number of carbonyl (C=O) groups is 1. The van der Waals surface area contributed by atoms with Crippen molar-refractivity contribution in [1.82, 2.24) is 4.98 Å². The summed E-state index contributed by atoms with van der Waals surface area (Å²) < 4.78 is 16.1. The van der Waals surface area contributed by atoms with Crippen LogP contribution in [0.5, 0.6) is 17.4 Å². The molecule has 1 aromatic heterocycles. The predicted octanol–water partition coefficient (Wildman–Crippen LogP) is 3.79. The van der Waals surface area contributed by atoms with E-state index in [1.165, 1.54) is 19.4 Å². The van der Waals surface area contributed by atoms with Crippen molar-refractivity contribution < 1.29 is 19.0 Å². The van der Waals surface area contributed by atoms with E-state index in [0.29, 0.717) is 35.6 Å². The summed E-state index contributed by atoms with van der Waals surface area (Å²) in [6.45, 7) is 4.78. The first-order chi connectivity index (χ1) is 12.5. The minimum absolute atomic E-state index is 0.254. The molecule has 1 amide bonds. The van der Waals surface area contributed by atoms with E-state index >= 15 is 0 Å². The summed E-state index contributed by atoms with van der Waals surface area (Å²) in [5.74, 6) is 1.98. The molecule has 2 aromatic rings. The van der Waals surface area contributed by atoms with Crippen LogP contribution in [0, 0.1) is 5.92 Å². The van der Waals surface area contributed by atoms with E-state index < -0.39 is 0 Å². The highest BCUT2D eigenvalue weighted by molar-refractivity contribution is 6.01. The second-order valence-corrected chi connectivity index (χ2v) is 6.03. The molecule has 0 atom stereocenters. The third kappa shape index (κ3) is 5.81. The number of nitrogens with one attached hydrogen (secondary N) is 1. The number of hydrogen-bond donors (Lipinski definition) is 1. The van der Waals surface area contributed by atoms with Gasteiger partial charge in [0.25, 0.3) is 0 Å². The van der Waals surface area contributed by atoms with Crippen molar-refractivity contribution in [2.45, 2.75) is 13.8 Å². The first kappa shape index (κ1) is 19.3. The molecule has 0 radical (unpaired) electrons. The molecular formula is C20H24N2O4. The van der Waals surface area contributed by atoms with Crippen molar-refractivity contribution >= 4 is 17.7 Å². The van der Waals surface area contributed by atoms with E-state index in [-0.39, 0.29) is 5.91 Å². The lowest BCUT2D eigenvalue weighted by Gasteiger charge is -2.12. The third-order valence-electron chi connectivity index (χ3n) is 3.40. The van der Waals surface area contributed by atoms with E-state index in [1.807, 2.05) is 18.2 Å². The van der Waals surface area contributed by atoms with Crippen LogP contribution in [0.1, 0.15) is 19.4 Å². The van der Waals surface area contributed by atoms with Crippen LogP contribution in [0.3, 0.4) is 0 Å². The first-order valence-corrected chi connectivity index (χ1v) is 8.31. The zero-order valence-corrected chi connectivity index (χ0v) is 15.5. The van der Waals surface area contributed by atoms with Gasteiger partial charge in [0.2, 0.25) is 11.8 Å². The molecule has 2 rings (SSSR count). The molecule has 0 fully saturated rings. The van der Waals surface area contributed by atoms with Gasteiger partial charge in [0.1, 0.15) is 0 Å². The number of ether oxygens (including phenoxy) is 3. The number of rotatable bonds is 8.